The first-order valence-corrected chi connectivity index (χ1v) is 4.75. The Bertz CT molecular complexity index is 350. The van der Waals surface area contributed by atoms with Crippen molar-refractivity contribution < 1.29 is 18.0 Å². The fraction of sp³-hybridized carbons (Fsp3) is 0.375. The van der Waals surface area contributed by atoms with Gasteiger partial charge in [0.05, 0.1) is 4.47 Å². The standard InChI is InChI=1S/C8H6BrF3N2O/c9-5-3-13-7(14-4-5)2-1-6(15)8(10,11)12/h3-4H,1-2H2. The van der Waals surface area contributed by atoms with Gasteiger partial charge in [-0.25, -0.2) is 9.97 Å². The third-order valence-electron chi connectivity index (χ3n) is 1.57. The molecule has 15 heavy (non-hydrogen) atoms. The Morgan fingerprint density at radius 2 is 1.87 bits per heavy atom. The van der Waals surface area contributed by atoms with Crippen LogP contribution >= 0.6 is 15.9 Å². The number of ketones is 1. The highest BCUT2D eigenvalue weighted by Crippen LogP contribution is 2.18. The van der Waals surface area contributed by atoms with Crippen LogP contribution < -0.4 is 0 Å². The maximum absolute atomic E-state index is 11.8. The molecular formula is C8H6BrF3N2O. The number of nitrogens with zero attached hydrogens (tertiary/aromatic N) is 2. The highest BCUT2D eigenvalue weighted by atomic mass is 79.9. The van der Waals surface area contributed by atoms with Gasteiger partial charge in [0, 0.05) is 25.2 Å². The maximum atomic E-state index is 11.8. The number of hydrogen-bond acceptors (Lipinski definition) is 3. The van der Waals surface area contributed by atoms with Gasteiger partial charge in [-0.15, -0.1) is 0 Å². The molecule has 0 fully saturated rings. The molecule has 0 N–H and O–H groups in total. The molecule has 1 rings (SSSR count). The molecule has 1 heterocycles. The summed E-state index contributed by atoms with van der Waals surface area (Å²) in [4.78, 5) is 18.0. The van der Waals surface area contributed by atoms with Crippen LogP contribution in [0.5, 0.6) is 0 Å². The van der Waals surface area contributed by atoms with Gasteiger partial charge in [0.25, 0.3) is 0 Å². The van der Waals surface area contributed by atoms with E-state index in [1.54, 1.807) is 0 Å². The lowest BCUT2D eigenvalue weighted by Gasteiger charge is -2.03. The first-order valence-electron chi connectivity index (χ1n) is 3.96. The van der Waals surface area contributed by atoms with E-state index in [0.29, 0.717) is 4.47 Å². The van der Waals surface area contributed by atoms with E-state index in [2.05, 4.69) is 25.9 Å². The van der Waals surface area contributed by atoms with E-state index in [9.17, 15) is 18.0 Å². The van der Waals surface area contributed by atoms with Gasteiger partial charge in [-0.3, -0.25) is 4.79 Å². The van der Waals surface area contributed by atoms with Gasteiger partial charge >= 0.3 is 6.18 Å². The molecule has 0 spiro atoms. The predicted octanol–water partition coefficient (Wildman–Crippen LogP) is 2.30. The van der Waals surface area contributed by atoms with E-state index in [-0.39, 0.29) is 12.2 Å². The van der Waals surface area contributed by atoms with Gasteiger partial charge < -0.3 is 0 Å². The van der Waals surface area contributed by atoms with Crippen LogP contribution in [0.25, 0.3) is 0 Å². The summed E-state index contributed by atoms with van der Waals surface area (Å²) in [6.45, 7) is 0. The average Bonchev–Trinajstić information content (AvgIpc) is 2.15. The van der Waals surface area contributed by atoms with E-state index in [0.717, 1.165) is 0 Å². The van der Waals surface area contributed by atoms with Gasteiger partial charge in [-0.05, 0) is 15.9 Å². The van der Waals surface area contributed by atoms with Crippen molar-refractivity contribution in [3.63, 3.8) is 0 Å². The van der Waals surface area contributed by atoms with Gasteiger partial charge in [-0.2, -0.15) is 13.2 Å². The van der Waals surface area contributed by atoms with E-state index < -0.39 is 18.4 Å². The number of Topliss-reactive ketones (excluding diaryl/α,β-unsaturated/α-hetero) is 1. The van der Waals surface area contributed by atoms with E-state index in [4.69, 9.17) is 0 Å². The largest absolute Gasteiger partial charge is 0.449 e. The SMILES string of the molecule is O=C(CCc1ncc(Br)cn1)C(F)(F)F. The van der Waals surface area contributed by atoms with Gasteiger partial charge in [0.1, 0.15) is 5.82 Å². The second-order valence-corrected chi connectivity index (χ2v) is 3.65. The van der Waals surface area contributed by atoms with Crippen molar-refractivity contribution in [1.29, 1.82) is 0 Å². The van der Waals surface area contributed by atoms with Crippen LogP contribution in [0.15, 0.2) is 16.9 Å². The zero-order chi connectivity index (χ0) is 11.5. The highest BCUT2D eigenvalue weighted by molar-refractivity contribution is 9.10. The number of halogens is 4. The molecule has 0 unspecified atom stereocenters. The Hall–Kier alpha value is -0.980. The van der Waals surface area contributed by atoms with Crippen LogP contribution in [-0.2, 0) is 11.2 Å². The lowest BCUT2D eigenvalue weighted by atomic mass is 10.2. The average molecular weight is 283 g/mol. The maximum Gasteiger partial charge on any atom is 0.449 e. The molecule has 0 aliphatic rings. The molecule has 0 amide bonds. The quantitative estimate of drug-likeness (QED) is 0.854. The molecule has 0 saturated carbocycles. The first kappa shape index (κ1) is 12.1. The topological polar surface area (TPSA) is 42.9 Å². The first-order chi connectivity index (χ1) is 6.89. The van der Waals surface area contributed by atoms with Crippen LogP contribution in [0.2, 0.25) is 0 Å². The minimum Gasteiger partial charge on any atom is -0.290 e. The Morgan fingerprint density at radius 1 is 1.33 bits per heavy atom. The third kappa shape index (κ3) is 3.94. The van der Waals surface area contributed by atoms with E-state index in [1.165, 1.54) is 12.4 Å². The number of carbonyl (C=O) groups is 1. The summed E-state index contributed by atoms with van der Waals surface area (Å²) in [6.07, 6.45) is -2.66. The van der Waals surface area contributed by atoms with Crippen LogP contribution in [0.1, 0.15) is 12.2 Å². The van der Waals surface area contributed by atoms with E-state index >= 15 is 0 Å². The van der Waals surface area contributed by atoms with E-state index in [1.807, 2.05) is 0 Å². The van der Waals surface area contributed by atoms with Crippen LogP contribution in [0.3, 0.4) is 0 Å². The Kier molecular flexibility index (Phi) is 3.78. The molecule has 7 heteroatoms. The molecule has 1 aromatic rings. The molecular weight excluding hydrogens is 277 g/mol. The number of aryl methyl sites for hydroxylation is 1. The van der Waals surface area contributed by atoms with Crippen molar-refractivity contribution in [3.05, 3.63) is 22.7 Å². The molecule has 0 radical (unpaired) electrons. The highest BCUT2D eigenvalue weighted by Gasteiger charge is 2.37. The molecule has 3 nitrogen and oxygen atoms in total. The summed E-state index contributed by atoms with van der Waals surface area (Å²) in [5.41, 5.74) is 0. The smallest absolute Gasteiger partial charge is 0.290 e. The zero-order valence-corrected chi connectivity index (χ0v) is 8.97. The monoisotopic (exact) mass is 282 g/mol. The number of hydrogen-bond donors (Lipinski definition) is 0. The summed E-state index contributed by atoms with van der Waals surface area (Å²) in [7, 11) is 0. The van der Waals surface area contributed by atoms with Crippen molar-refractivity contribution >= 4 is 21.7 Å². The molecule has 0 bridgehead atoms. The fourth-order valence-corrected chi connectivity index (χ4v) is 1.04. The van der Waals surface area contributed by atoms with Crippen LogP contribution in [0, 0.1) is 0 Å². The second kappa shape index (κ2) is 4.69. The fourth-order valence-electron chi connectivity index (χ4n) is 0.835. The second-order valence-electron chi connectivity index (χ2n) is 2.74. The third-order valence-corrected chi connectivity index (χ3v) is 1.98. The Labute approximate surface area is 91.9 Å². The normalized spacial score (nSPS) is 11.5. The number of aromatic nitrogens is 2. The van der Waals surface area contributed by atoms with Crippen molar-refractivity contribution in [2.75, 3.05) is 0 Å². The Morgan fingerprint density at radius 3 is 2.33 bits per heavy atom. The van der Waals surface area contributed by atoms with Gasteiger partial charge in [0.15, 0.2) is 0 Å². The number of alkyl halides is 3. The van der Waals surface area contributed by atoms with Crippen molar-refractivity contribution in [2.45, 2.75) is 19.0 Å². The molecule has 0 atom stereocenters. The zero-order valence-electron chi connectivity index (χ0n) is 7.38. The summed E-state index contributed by atoms with van der Waals surface area (Å²) in [5, 5.41) is 0. The molecule has 0 aliphatic heterocycles. The summed E-state index contributed by atoms with van der Waals surface area (Å²) in [6, 6.07) is 0. The van der Waals surface area contributed by atoms with Crippen LogP contribution in [-0.4, -0.2) is 21.9 Å². The minimum atomic E-state index is -4.77. The van der Waals surface area contributed by atoms with Gasteiger partial charge in [0.2, 0.25) is 5.78 Å². The summed E-state index contributed by atoms with van der Waals surface area (Å²) >= 11 is 3.09. The molecule has 0 aromatic carbocycles. The molecule has 0 aliphatic carbocycles. The van der Waals surface area contributed by atoms with Crippen LogP contribution in [0.4, 0.5) is 13.2 Å². The molecule has 1 aromatic heterocycles. The predicted molar refractivity (Wildman–Crippen MR) is 49.1 cm³/mol. The molecule has 82 valence electrons. The molecule has 0 saturated heterocycles. The minimum absolute atomic E-state index is 0.106. The van der Waals surface area contributed by atoms with Crippen molar-refractivity contribution in [2.24, 2.45) is 0 Å². The van der Waals surface area contributed by atoms with Gasteiger partial charge in [-0.1, -0.05) is 0 Å². The number of carbonyl (C=O) groups excluding carboxylic acids is 1. The Balaban J connectivity index is 2.51. The number of rotatable bonds is 3. The summed E-state index contributed by atoms with van der Waals surface area (Å²) in [5.74, 6) is -1.54. The van der Waals surface area contributed by atoms with Crippen molar-refractivity contribution in [1.82, 2.24) is 9.97 Å². The van der Waals surface area contributed by atoms with Crippen molar-refractivity contribution in [3.8, 4) is 0 Å². The lowest BCUT2D eigenvalue weighted by molar-refractivity contribution is -0.171. The lowest BCUT2D eigenvalue weighted by Crippen LogP contribution is -2.23. The summed E-state index contributed by atoms with van der Waals surface area (Å²) < 4.78 is 36.1.